The Bertz CT molecular complexity index is 613. The second-order valence-corrected chi connectivity index (χ2v) is 4.54. The summed E-state index contributed by atoms with van der Waals surface area (Å²) in [7, 11) is 1.63. The van der Waals surface area contributed by atoms with E-state index >= 15 is 0 Å². The van der Waals surface area contributed by atoms with Crippen LogP contribution < -0.4 is 15.8 Å². The Labute approximate surface area is 116 Å². The highest BCUT2D eigenvalue weighted by Gasteiger charge is 2.08. The van der Waals surface area contributed by atoms with E-state index in [4.69, 9.17) is 13.2 Å². The molecule has 0 radical (unpaired) electrons. The predicted octanol–water partition coefficient (Wildman–Crippen LogP) is 2.78. The van der Waals surface area contributed by atoms with Gasteiger partial charge in [-0.2, -0.15) is 0 Å². The molecule has 4 heteroatoms. The number of ether oxygens (including phenoxy) is 1. The Kier molecular flexibility index (Phi) is 3.71. The number of rotatable bonds is 6. The van der Waals surface area contributed by atoms with E-state index in [1.807, 2.05) is 31.2 Å². The first-order valence-electron chi connectivity index (χ1n) is 7.37. The minimum atomic E-state index is -1.63. The first-order chi connectivity index (χ1) is 9.89. The van der Waals surface area contributed by atoms with Crippen molar-refractivity contribution in [2.75, 3.05) is 18.9 Å². The molecule has 0 saturated heterocycles. The summed E-state index contributed by atoms with van der Waals surface area (Å²) in [6, 6.07) is 7.80. The van der Waals surface area contributed by atoms with Gasteiger partial charge >= 0.3 is 0 Å². The van der Waals surface area contributed by atoms with Crippen LogP contribution in [0.3, 0.4) is 0 Å². The summed E-state index contributed by atoms with van der Waals surface area (Å²) in [5, 5.41) is 4.37. The third-order valence-corrected chi connectivity index (χ3v) is 3.04. The van der Waals surface area contributed by atoms with Gasteiger partial charge in [-0.3, -0.25) is 4.98 Å². The predicted molar refractivity (Wildman–Crippen MR) is 79.7 cm³/mol. The van der Waals surface area contributed by atoms with E-state index in [2.05, 4.69) is 10.3 Å². The van der Waals surface area contributed by atoms with Crippen molar-refractivity contribution in [3.05, 3.63) is 30.5 Å². The molecular weight excluding hydrogens is 238 g/mol. The van der Waals surface area contributed by atoms with Crippen molar-refractivity contribution in [3.63, 3.8) is 0 Å². The van der Waals surface area contributed by atoms with Crippen LogP contribution in [0.15, 0.2) is 30.5 Å². The molecule has 0 bridgehead atoms. The molecule has 3 N–H and O–H groups in total. The average Bonchev–Trinajstić information content (AvgIpc) is 2.44. The van der Waals surface area contributed by atoms with Gasteiger partial charge in [0.05, 0.1) is 18.3 Å². The first-order valence-corrected chi connectivity index (χ1v) is 6.37. The van der Waals surface area contributed by atoms with Crippen molar-refractivity contribution in [3.8, 4) is 5.75 Å². The molecule has 1 atom stereocenters. The topological polar surface area (TPSA) is 60.2 Å². The van der Waals surface area contributed by atoms with Gasteiger partial charge in [-0.1, -0.05) is 6.07 Å². The highest BCUT2D eigenvalue weighted by Crippen LogP contribution is 2.28. The maximum Gasteiger partial charge on any atom is 0.121 e. The van der Waals surface area contributed by atoms with Crippen LogP contribution in [0, 0.1) is 0 Å². The molecule has 2 aromatic rings. The number of benzene rings is 1. The maximum absolute atomic E-state index is 7.38. The van der Waals surface area contributed by atoms with Gasteiger partial charge in [0.15, 0.2) is 0 Å². The highest BCUT2D eigenvalue weighted by molar-refractivity contribution is 5.91. The Hall–Kier alpha value is -1.81. The van der Waals surface area contributed by atoms with Gasteiger partial charge in [0, 0.05) is 26.4 Å². The summed E-state index contributed by atoms with van der Waals surface area (Å²) in [6.07, 6.45) is 2.69. The molecule has 1 aromatic heterocycles. The smallest absolute Gasteiger partial charge is 0.121 e. The minimum absolute atomic E-state index is 0.0842. The lowest BCUT2D eigenvalue weighted by Gasteiger charge is -2.17. The monoisotopic (exact) mass is 261 g/mol. The van der Waals surface area contributed by atoms with E-state index < -0.39 is 6.50 Å². The Morgan fingerprint density at radius 3 is 3.11 bits per heavy atom. The SMILES string of the molecule is [2H]C([2H])(N)CCC(C)Nc1cc(OC)cc2cccnc12. The standard InChI is InChI=1S/C15H21N3O/c1-11(5-3-7-16)18-14-10-13(19-2)9-12-6-4-8-17-15(12)14/h4,6,8-11,18H,3,5,7,16H2,1-2H3/i7D2. The third-order valence-electron chi connectivity index (χ3n) is 3.04. The van der Waals surface area contributed by atoms with Gasteiger partial charge in [0.2, 0.25) is 0 Å². The lowest BCUT2D eigenvalue weighted by atomic mass is 10.1. The number of methoxy groups -OCH3 is 1. The van der Waals surface area contributed by atoms with Crippen LogP contribution in [-0.4, -0.2) is 24.6 Å². The highest BCUT2D eigenvalue weighted by atomic mass is 16.5. The number of hydrogen-bond acceptors (Lipinski definition) is 4. The van der Waals surface area contributed by atoms with Crippen LogP contribution in [0.2, 0.25) is 0 Å². The fourth-order valence-electron chi connectivity index (χ4n) is 2.03. The molecule has 1 unspecified atom stereocenters. The third kappa shape index (κ3) is 3.35. The molecule has 0 saturated carbocycles. The van der Waals surface area contributed by atoms with Gasteiger partial charge in [-0.05, 0) is 38.4 Å². The summed E-state index contributed by atoms with van der Waals surface area (Å²) >= 11 is 0. The largest absolute Gasteiger partial charge is 0.497 e. The molecule has 0 aliphatic heterocycles. The quantitative estimate of drug-likeness (QED) is 0.839. The number of nitrogens with two attached hydrogens (primary N) is 1. The number of nitrogens with zero attached hydrogens (tertiary/aromatic N) is 1. The van der Waals surface area contributed by atoms with Crippen molar-refractivity contribution in [1.82, 2.24) is 4.98 Å². The average molecular weight is 261 g/mol. The minimum Gasteiger partial charge on any atom is -0.497 e. The number of aromatic nitrogens is 1. The van der Waals surface area contributed by atoms with Crippen molar-refractivity contribution in [1.29, 1.82) is 0 Å². The Balaban J connectivity index is 2.20. The molecule has 0 amide bonds. The fourth-order valence-corrected chi connectivity index (χ4v) is 2.03. The lowest BCUT2D eigenvalue weighted by molar-refractivity contribution is 0.415. The van der Waals surface area contributed by atoms with Gasteiger partial charge in [-0.25, -0.2) is 0 Å². The zero-order valence-electron chi connectivity index (χ0n) is 13.3. The fraction of sp³-hybridized carbons (Fsp3) is 0.400. The maximum atomic E-state index is 7.38. The summed E-state index contributed by atoms with van der Waals surface area (Å²) < 4.78 is 20.1. The van der Waals surface area contributed by atoms with Crippen molar-refractivity contribution in [2.24, 2.45) is 5.73 Å². The van der Waals surface area contributed by atoms with Crippen LogP contribution in [-0.2, 0) is 0 Å². The molecule has 2 rings (SSSR count). The van der Waals surface area contributed by atoms with E-state index in [1.165, 1.54) is 0 Å². The van der Waals surface area contributed by atoms with Crippen LogP contribution in [0.25, 0.3) is 10.9 Å². The summed E-state index contributed by atoms with van der Waals surface area (Å²) in [6.45, 7) is 0.366. The molecule has 1 heterocycles. The lowest BCUT2D eigenvalue weighted by Crippen LogP contribution is -2.17. The molecule has 0 spiro atoms. The zero-order valence-corrected chi connectivity index (χ0v) is 11.3. The summed E-state index contributed by atoms with van der Waals surface area (Å²) in [5.41, 5.74) is 7.15. The van der Waals surface area contributed by atoms with Crippen LogP contribution in [0.1, 0.15) is 22.5 Å². The molecule has 1 aromatic carbocycles. The van der Waals surface area contributed by atoms with Crippen LogP contribution >= 0.6 is 0 Å². The molecule has 4 nitrogen and oxygen atoms in total. The van der Waals surface area contributed by atoms with E-state index in [9.17, 15) is 0 Å². The van der Waals surface area contributed by atoms with E-state index in [1.54, 1.807) is 13.3 Å². The second kappa shape index (κ2) is 6.38. The van der Waals surface area contributed by atoms with Crippen molar-refractivity contribution >= 4 is 16.6 Å². The van der Waals surface area contributed by atoms with Crippen molar-refractivity contribution in [2.45, 2.75) is 25.8 Å². The Morgan fingerprint density at radius 1 is 1.53 bits per heavy atom. The second-order valence-electron chi connectivity index (χ2n) is 4.54. The molecule has 19 heavy (non-hydrogen) atoms. The molecular formula is C15H21N3O. The van der Waals surface area contributed by atoms with Gasteiger partial charge in [0.25, 0.3) is 0 Å². The number of hydrogen-bond donors (Lipinski definition) is 2. The van der Waals surface area contributed by atoms with Crippen LogP contribution in [0.4, 0.5) is 5.69 Å². The first kappa shape index (κ1) is 11.1. The Morgan fingerprint density at radius 2 is 2.37 bits per heavy atom. The number of anilines is 1. The van der Waals surface area contributed by atoms with E-state index in [0.29, 0.717) is 12.8 Å². The number of fused-ring (bicyclic) bond motifs is 1. The van der Waals surface area contributed by atoms with Gasteiger partial charge in [-0.15, -0.1) is 0 Å². The number of pyridine rings is 1. The summed E-state index contributed by atoms with van der Waals surface area (Å²) in [5.74, 6) is 0.763. The molecule has 102 valence electrons. The number of nitrogens with one attached hydrogen (secondary N) is 1. The van der Waals surface area contributed by atoms with Gasteiger partial charge < -0.3 is 15.8 Å². The normalized spacial score (nSPS) is 14.7. The van der Waals surface area contributed by atoms with Gasteiger partial charge in [0.1, 0.15) is 5.75 Å². The van der Waals surface area contributed by atoms with Crippen molar-refractivity contribution < 1.29 is 7.48 Å². The molecule has 0 fully saturated rings. The van der Waals surface area contributed by atoms with Crippen LogP contribution in [0.5, 0.6) is 5.75 Å². The molecule has 0 aliphatic rings. The zero-order chi connectivity index (χ0) is 15.5. The van der Waals surface area contributed by atoms with E-state index in [0.717, 1.165) is 22.3 Å². The molecule has 0 aliphatic carbocycles. The summed E-state index contributed by atoms with van der Waals surface area (Å²) in [4.78, 5) is 4.40. The van der Waals surface area contributed by atoms with E-state index in [-0.39, 0.29) is 6.04 Å².